The quantitative estimate of drug-likeness (QED) is 0.548. The fraction of sp³-hybridized carbons (Fsp3) is 0.143. The number of anilines is 1. The predicted molar refractivity (Wildman–Crippen MR) is 109 cm³/mol. The summed E-state index contributed by atoms with van der Waals surface area (Å²) in [6, 6.07) is 8.64. The SMILES string of the molecule is CCN(C)C(=O)Nc1ccc(F)c(-n2cc3cc(-c4ccc(F)cn4)cnc3n2)c1. The molecule has 1 aromatic carbocycles. The second kappa shape index (κ2) is 7.86. The van der Waals surface area contributed by atoms with Crippen molar-refractivity contribution in [3.63, 3.8) is 0 Å². The summed E-state index contributed by atoms with van der Waals surface area (Å²) in [5, 5.41) is 7.71. The number of carbonyl (C=O) groups is 1. The molecule has 3 aromatic heterocycles. The van der Waals surface area contributed by atoms with Crippen LogP contribution < -0.4 is 5.32 Å². The van der Waals surface area contributed by atoms with Crippen LogP contribution in [-0.4, -0.2) is 44.3 Å². The Morgan fingerprint density at radius 3 is 2.70 bits per heavy atom. The third kappa shape index (κ3) is 3.82. The molecule has 1 N–H and O–H groups in total. The van der Waals surface area contributed by atoms with E-state index in [4.69, 9.17) is 0 Å². The van der Waals surface area contributed by atoms with Crippen molar-refractivity contribution < 1.29 is 13.6 Å². The summed E-state index contributed by atoms with van der Waals surface area (Å²) >= 11 is 0. The Bertz CT molecular complexity index is 1220. The van der Waals surface area contributed by atoms with Crippen molar-refractivity contribution >= 4 is 22.8 Å². The molecule has 9 heteroatoms. The average molecular weight is 408 g/mol. The Hall–Kier alpha value is -3.88. The first-order valence-corrected chi connectivity index (χ1v) is 9.24. The van der Waals surface area contributed by atoms with E-state index >= 15 is 0 Å². The van der Waals surface area contributed by atoms with Gasteiger partial charge >= 0.3 is 6.03 Å². The van der Waals surface area contributed by atoms with Gasteiger partial charge in [-0.05, 0) is 43.3 Å². The van der Waals surface area contributed by atoms with Crippen LogP contribution in [0.5, 0.6) is 0 Å². The van der Waals surface area contributed by atoms with E-state index in [-0.39, 0.29) is 11.7 Å². The second-order valence-corrected chi connectivity index (χ2v) is 6.68. The van der Waals surface area contributed by atoms with Gasteiger partial charge in [0.25, 0.3) is 0 Å². The normalized spacial score (nSPS) is 10.9. The molecule has 0 saturated heterocycles. The maximum absolute atomic E-state index is 14.5. The maximum atomic E-state index is 14.5. The van der Waals surface area contributed by atoms with Crippen LogP contribution in [0.2, 0.25) is 0 Å². The molecule has 4 aromatic rings. The summed E-state index contributed by atoms with van der Waals surface area (Å²) in [7, 11) is 1.67. The molecular formula is C21H18F2N6O. The molecule has 0 aliphatic heterocycles. The van der Waals surface area contributed by atoms with E-state index in [9.17, 15) is 13.6 Å². The number of halogens is 2. The smallest absolute Gasteiger partial charge is 0.321 e. The predicted octanol–water partition coefficient (Wildman–Crippen LogP) is 4.24. The van der Waals surface area contributed by atoms with Crippen LogP contribution >= 0.6 is 0 Å². The van der Waals surface area contributed by atoms with Crippen molar-refractivity contribution in [1.29, 1.82) is 0 Å². The van der Waals surface area contributed by atoms with Crippen LogP contribution in [0, 0.1) is 11.6 Å². The van der Waals surface area contributed by atoms with Gasteiger partial charge in [0, 0.05) is 42.6 Å². The molecule has 2 amide bonds. The lowest BCUT2D eigenvalue weighted by Gasteiger charge is -2.16. The Morgan fingerprint density at radius 2 is 1.97 bits per heavy atom. The molecule has 30 heavy (non-hydrogen) atoms. The van der Waals surface area contributed by atoms with Crippen LogP contribution in [0.1, 0.15) is 6.92 Å². The highest BCUT2D eigenvalue weighted by Gasteiger charge is 2.13. The number of hydrogen-bond donors (Lipinski definition) is 1. The zero-order valence-corrected chi connectivity index (χ0v) is 16.3. The van der Waals surface area contributed by atoms with E-state index in [1.807, 2.05) is 6.92 Å². The van der Waals surface area contributed by atoms with Crippen molar-refractivity contribution in [3.8, 4) is 16.9 Å². The Morgan fingerprint density at radius 1 is 1.13 bits per heavy atom. The van der Waals surface area contributed by atoms with Crippen LogP contribution in [0.15, 0.2) is 55.0 Å². The lowest BCUT2D eigenvalue weighted by molar-refractivity contribution is 0.224. The molecule has 0 radical (unpaired) electrons. The van der Waals surface area contributed by atoms with Gasteiger partial charge in [0.15, 0.2) is 5.65 Å². The van der Waals surface area contributed by atoms with Gasteiger partial charge in [-0.1, -0.05) is 0 Å². The van der Waals surface area contributed by atoms with Gasteiger partial charge < -0.3 is 10.2 Å². The van der Waals surface area contributed by atoms with Crippen molar-refractivity contribution in [1.82, 2.24) is 24.6 Å². The highest BCUT2D eigenvalue weighted by molar-refractivity contribution is 5.89. The Kier molecular flexibility index (Phi) is 5.09. The minimum absolute atomic E-state index is 0.173. The highest BCUT2D eigenvalue weighted by atomic mass is 19.1. The van der Waals surface area contributed by atoms with E-state index in [0.29, 0.717) is 34.5 Å². The number of nitrogens with zero attached hydrogens (tertiary/aromatic N) is 5. The summed E-state index contributed by atoms with van der Waals surface area (Å²) in [4.78, 5) is 21.9. The number of pyridine rings is 2. The van der Waals surface area contributed by atoms with Crippen LogP contribution in [-0.2, 0) is 0 Å². The molecule has 152 valence electrons. The monoisotopic (exact) mass is 408 g/mol. The maximum Gasteiger partial charge on any atom is 0.321 e. The fourth-order valence-corrected chi connectivity index (χ4v) is 2.85. The van der Waals surface area contributed by atoms with Gasteiger partial charge in [0.05, 0.1) is 11.9 Å². The molecule has 0 unspecified atom stereocenters. The summed E-state index contributed by atoms with van der Waals surface area (Å²) < 4.78 is 29.0. The number of amides is 2. The third-order valence-electron chi connectivity index (χ3n) is 4.65. The molecule has 0 spiro atoms. The van der Waals surface area contributed by atoms with E-state index in [1.54, 1.807) is 31.6 Å². The van der Waals surface area contributed by atoms with Crippen LogP contribution in [0.25, 0.3) is 28.0 Å². The largest absolute Gasteiger partial charge is 0.328 e. The number of fused-ring (bicyclic) bond motifs is 1. The van der Waals surface area contributed by atoms with Crippen molar-refractivity contribution in [2.24, 2.45) is 0 Å². The summed E-state index contributed by atoms with van der Waals surface area (Å²) in [6.45, 7) is 2.40. The van der Waals surface area contributed by atoms with Gasteiger partial charge in [-0.15, -0.1) is 5.10 Å². The summed E-state index contributed by atoms with van der Waals surface area (Å²) in [5.41, 5.74) is 2.29. The lowest BCUT2D eigenvalue weighted by Crippen LogP contribution is -2.30. The number of benzene rings is 1. The van der Waals surface area contributed by atoms with Gasteiger partial charge in [-0.3, -0.25) is 4.98 Å². The van der Waals surface area contributed by atoms with Gasteiger partial charge in [-0.25, -0.2) is 23.2 Å². The molecule has 0 bridgehead atoms. The van der Waals surface area contributed by atoms with Crippen molar-refractivity contribution in [2.45, 2.75) is 6.92 Å². The first-order valence-electron chi connectivity index (χ1n) is 9.24. The Labute approximate surface area is 171 Å². The number of carbonyl (C=O) groups excluding carboxylic acids is 1. The number of rotatable bonds is 4. The molecule has 3 heterocycles. The summed E-state index contributed by atoms with van der Waals surface area (Å²) in [5.74, 6) is -0.918. The molecular weight excluding hydrogens is 390 g/mol. The Balaban J connectivity index is 1.68. The van der Waals surface area contributed by atoms with E-state index in [1.165, 1.54) is 33.8 Å². The first-order chi connectivity index (χ1) is 14.4. The topological polar surface area (TPSA) is 75.9 Å². The van der Waals surface area contributed by atoms with Gasteiger partial charge in [0.1, 0.15) is 17.3 Å². The van der Waals surface area contributed by atoms with E-state index in [0.717, 1.165) is 6.20 Å². The average Bonchev–Trinajstić information content (AvgIpc) is 3.18. The third-order valence-corrected chi connectivity index (χ3v) is 4.65. The molecule has 7 nitrogen and oxygen atoms in total. The van der Waals surface area contributed by atoms with E-state index in [2.05, 4.69) is 20.4 Å². The molecule has 0 fully saturated rings. The minimum atomic E-state index is -0.495. The van der Waals surface area contributed by atoms with E-state index < -0.39 is 11.6 Å². The first kappa shape index (κ1) is 19.4. The van der Waals surface area contributed by atoms with Crippen LogP contribution in [0.3, 0.4) is 0 Å². The molecule has 0 aliphatic carbocycles. The zero-order chi connectivity index (χ0) is 21.3. The molecule has 0 atom stereocenters. The number of nitrogens with one attached hydrogen (secondary N) is 1. The number of urea groups is 1. The molecule has 0 aliphatic rings. The van der Waals surface area contributed by atoms with Crippen LogP contribution in [0.4, 0.5) is 19.3 Å². The fourth-order valence-electron chi connectivity index (χ4n) is 2.85. The second-order valence-electron chi connectivity index (χ2n) is 6.68. The van der Waals surface area contributed by atoms with Crippen molar-refractivity contribution in [2.75, 3.05) is 18.9 Å². The van der Waals surface area contributed by atoms with Gasteiger partial charge in [0.2, 0.25) is 0 Å². The standard InChI is InChI=1S/C21H18F2N6O/c1-3-28(2)21(30)26-16-5-6-17(23)19(9-16)29-12-14-8-13(10-25-20(14)27-29)18-7-4-15(22)11-24-18/h4-12H,3H2,1-2H3,(H,26,30). The number of hydrogen-bond acceptors (Lipinski definition) is 4. The number of aromatic nitrogens is 4. The highest BCUT2D eigenvalue weighted by Crippen LogP contribution is 2.24. The molecule has 4 rings (SSSR count). The summed E-state index contributed by atoms with van der Waals surface area (Å²) in [6.07, 6.45) is 4.35. The van der Waals surface area contributed by atoms with Gasteiger partial charge in [-0.2, -0.15) is 0 Å². The zero-order valence-electron chi connectivity index (χ0n) is 16.3. The van der Waals surface area contributed by atoms with Crippen molar-refractivity contribution in [3.05, 3.63) is 66.6 Å². The lowest BCUT2D eigenvalue weighted by atomic mass is 10.1. The minimum Gasteiger partial charge on any atom is -0.328 e. The molecule has 0 saturated carbocycles.